The lowest BCUT2D eigenvalue weighted by Gasteiger charge is -2.25. The zero-order valence-electron chi connectivity index (χ0n) is 17.8. The minimum Gasteiger partial charge on any atom is -0.395 e. The molecule has 0 radical (unpaired) electrons. The highest BCUT2D eigenvalue weighted by Crippen LogP contribution is 2.25. The zero-order valence-corrected chi connectivity index (χ0v) is 17.8. The van der Waals surface area contributed by atoms with Crippen LogP contribution in [0.15, 0.2) is 30.3 Å². The number of hydrogen-bond acceptors (Lipinski definition) is 6. The van der Waals surface area contributed by atoms with Crippen LogP contribution in [0, 0.1) is 13.8 Å². The van der Waals surface area contributed by atoms with Gasteiger partial charge in [0.05, 0.1) is 6.61 Å². The summed E-state index contributed by atoms with van der Waals surface area (Å²) in [5.41, 5.74) is 2.83. The Balaban J connectivity index is 1.86. The van der Waals surface area contributed by atoms with Crippen LogP contribution >= 0.6 is 0 Å². The summed E-state index contributed by atoms with van der Waals surface area (Å²) < 4.78 is 0. The Morgan fingerprint density at radius 3 is 2.55 bits per heavy atom. The number of carbonyl (C=O) groups is 1. The summed E-state index contributed by atoms with van der Waals surface area (Å²) in [6.07, 6.45) is 1.07. The minimum absolute atomic E-state index is 0.104. The third-order valence-electron chi connectivity index (χ3n) is 5.62. The molecule has 0 spiro atoms. The summed E-state index contributed by atoms with van der Waals surface area (Å²) in [7, 11) is 4.19. The number of anilines is 1. The van der Waals surface area contributed by atoms with Crippen molar-refractivity contribution in [1.82, 2.24) is 19.8 Å². The summed E-state index contributed by atoms with van der Waals surface area (Å²) >= 11 is 0. The maximum atomic E-state index is 13.2. The molecule has 156 valence electrons. The number of nitrogens with zero attached hydrogens (tertiary/aromatic N) is 5. The van der Waals surface area contributed by atoms with Crippen LogP contribution in [0.25, 0.3) is 0 Å². The molecular formula is C22H31N5O2. The molecule has 1 N–H and O–H groups in total. The molecule has 1 fully saturated rings. The van der Waals surface area contributed by atoms with Crippen LogP contribution in [0.1, 0.15) is 33.9 Å². The third-order valence-corrected chi connectivity index (χ3v) is 5.62. The SMILES string of the molecule is Cc1nc(C(=O)N(CCO)Cc2ccccc2)nc(N2CC[C@@H](N(C)C)C2)c1C. The second-order valence-electron chi connectivity index (χ2n) is 7.87. The van der Waals surface area contributed by atoms with Crippen molar-refractivity contribution in [1.29, 1.82) is 0 Å². The molecule has 7 heteroatoms. The van der Waals surface area contributed by atoms with Gasteiger partial charge >= 0.3 is 0 Å². The van der Waals surface area contributed by atoms with Crippen molar-refractivity contribution in [3.8, 4) is 0 Å². The number of rotatable bonds is 7. The summed E-state index contributed by atoms with van der Waals surface area (Å²) in [5.74, 6) is 0.783. The average molecular weight is 398 g/mol. The second kappa shape index (κ2) is 9.33. The Labute approximate surface area is 173 Å². The number of aliphatic hydroxyl groups excluding tert-OH is 1. The molecular weight excluding hydrogens is 366 g/mol. The summed E-state index contributed by atoms with van der Waals surface area (Å²) in [4.78, 5) is 28.5. The standard InChI is InChI=1S/C22H31N5O2/c1-16-17(2)23-20(24-21(16)26-11-10-19(15-26)25(3)4)22(29)27(12-13-28)14-18-8-6-5-7-9-18/h5-9,19,28H,10-15H2,1-4H3/t19-/m1/s1. The van der Waals surface area contributed by atoms with Gasteiger partial charge in [-0.25, -0.2) is 9.97 Å². The van der Waals surface area contributed by atoms with Crippen LogP contribution in [0.2, 0.25) is 0 Å². The minimum atomic E-state index is -0.254. The number of hydrogen-bond donors (Lipinski definition) is 1. The van der Waals surface area contributed by atoms with Crippen molar-refractivity contribution >= 4 is 11.7 Å². The molecule has 0 bridgehead atoms. The van der Waals surface area contributed by atoms with Crippen LogP contribution in [0.4, 0.5) is 5.82 Å². The fourth-order valence-corrected chi connectivity index (χ4v) is 3.69. The molecule has 0 saturated carbocycles. The van der Waals surface area contributed by atoms with E-state index in [0.717, 1.165) is 42.1 Å². The lowest BCUT2D eigenvalue weighted by atomic mass is 10.2. The molecule has 1 saturated heterocycles. The highest BCUT2D eigenvalue weighted by atomic mass is 16.3. The first kappa shape index (κ1) is 21.2. The number of benzene rings is 1. The van der Waals surface area contributed by atoms with Gasteiger partial charge in [0.1, 0.15) is 5.82 Å². The lowest BCUT2D eigenvalue weighted by Crippen LogP contribution is -2.35. The number of likely N-dealkylation sites (N-methyl/N-ethyl adjacent to an activating group) is 1. The van der Waals surface area contributed by atoms with Gasteiger partial charge < -0.3 is 19.8 Å². The van der Waals surface area contributed by atoms with Gasteiger partial charge in [0.15, 0.2) is 0 Å². The first-order valence-corrected chi connectivity index (χ1v) is 10.1. The number of aliphatic hydroxyl groups is 1. The van der Waals surface area contributed by atoms with E-state index in [9.17, 15) is 9.90 Å². The van der Waals surface area contributed by atoms with Crippen LogP contribution in [-0.4, -0.2) is 77.2 Å². The number of amides is 1. The maximum Gasteiger partial charge on any atom is 0.292 e. The van der Waals surface area contributed by atoms with Gasteiger partial charge in [0.2, 0.25) is 5.82 Å². The van der Waals surface area contributed by atoms with Crippen molar-refractivity contribution in [2.45, 2.75) is 32.9 Å². The monoisotopic (exact) mass is 397 g/mol. The zero-order chi connectivity index (χ0) is 21.0. The number of aryl methyl sites for hydroxylation is 1. The van der Waals surface area contributed by atoms with E-state index in [1.54, 1.807) is 4.90 Å². The van der Waals surface area contributed by atoms with Crippen molar-refractivity contribution < 1.29 is 9.90 Å². The molecule has 29 heavy (non-hydrogen) atoms. The Morgan fingerprint density at radius 1 is 1.21 bits per heavy atom. The maximum absolute atomic E-state index is 13.2. The van der Waals surface area contributed by atoms with E-state index in [2.05, 4.69) is 33.9 Å². The highest BCUT2D eigenvalue weighted by Gasteiger charge is 2.28. The molecule has 3 rings (SSSR count). The number of carbonyl (C=O) groups excluding carboxylic acids is 1. The molecule has 1 amide bonds. The summed E-state index contributed by atoms with van der Waals surface area (Å²) in [5, 5.41) is 9.47. The van der Waals surface area contributed by atoms with Gasteiger partial charge in [-0.3, -0.25) is 4.79 Å². The topological polar surface area (TPSA) is 72.8 Å². The Bertz CT molecular complexity index is 841. The van der Waals surface area contributed by atoms with E-state index in [1.165, 1.54) is 0 Å². The largest absolute Gasteiger partial charge is 0.395 e. The van der Waals surface area contributed by atoms with E-state index < -0.39 is 0 Å². The average Bonchev–Trinajstić information content (AvgIpc) is 3.20. The predicted octanol–water partition coefficient (Wildman–Crippen LogP) is 1.87. The van der Waals surface area contributed by atoms with E-state index in [1.807, 2.05) is 44.2 Å². The highest BCUT2D eigenvalue weighted by molar-refractivity contribution is 5.91. The predicted molar refractivity (Wildman–Crippen MR) is 114 cm³/mol. The molecule has 1 aliphatic rings. The van der Waals surface area contributed by atoms with Crippen molar-refractivity contribution in [2.75, 3.05) is 45.2 Å². The van der Waals surface area contributed by atoms with Gasteiger partial charge in [-0.2, -0.15) is 0 Å². The van der Waals surface area contributed by atoms with Crippen molar-refractivity contribution in [3.63, 3.8) is 0 Å². The molecule has 1 atom stereocenters. The van der Waals surface area contributed by atoms with Gasteiger partial charge in [-0.05, 0) is 39.9 Å². The molecule has 1 aromatic carbocycles. The van der Waals surface area contributed by atoms with Gasteiger partial charge in [-0.15, -0.1) is 0 Å². The fraction of sp³-hybridized carbons (Fsp3) is 0.500. The van der Waals surface area contributed by atoms with Crippen LogP contribution < -0.4 is 4.90 Å². The molecule has 2 aromatic rings. The van der Waals surface area contributed by atoms with Gasteiger partial charge in [0, 0.05) is 43.5 Å². The molecule has 0 unspecified atom stereocenters. The lowest BCUT2D eigenvalue weighted by molar-refractivity contribution is 0.0695. The number of aromatic nitrogens is 2. The van der Waals surface area contributed by atoms with E-state index in [4.69, 9.17) is 0 Å². The van der Waals surface area contributed by atoms with E-state index in [0.29, 0.717) is 12.6 Å². The third kappa shape index (κ3) is 4.92. The first-order chi connectivity index (χ1) is 13.9. The van der Waals surface area contributed by atoms with E-state index in [-0.39, 0.29) is 24.9 Å². The first-order valence-electron chi connectivity index (χ1n) is 10.1. The smallest absolute Gasteiger partial charge is 0.292 e. The Hall–Kier alpha value is -2.51. The van der Waals surface area contributed by atoms with Crippen LogP contribution in [0.3, 0.4) is 0 Å². The van der Waals surface area contributed by atoms with E-state index >= 15 is 0 Å². The van der Waals surface area contributed by atoms with Crippen molar-refractivity contribution in [2.24, 2.45) is 0 Å². The molecule has 7 nitrogen and oxygen atoms in total. The van der Waals surface area contributed by atoms with Crippen LogP contribution in [-0.2, 0) is 6.54 Å². The summed E-state index contributed by atoms with van der Waals surface area (Å²) in [6, 6.07) is 10.2. The van der Waals surface area contributed by atoms with Crippen molar-refractivity contribution in [3.05, 3.63) is 53.0 Å². The van der Waals surface area contributed by atoms with Crippen LogP contribution in [0.5, 0.6) is 0 Å². The second-order valence-corrected chi connectivity index (χ2v) is 7.87. The van der Waals surface area contributed by atoms with Gasteiger partial charge in [-0.1, -0.05) is 30.3 Å². The fourth-order valence-electron chi connectivity index (χ4n) is 3.69. The Morgan fingerprint density at radius 2 is 1.93 bits per heavy atom. The quantitative estimate of drug-likeness (QED) is 0.769. The Kier molecular flexibility index (Phi) is 6.82. The molecule has 1 aliphatic heterocycles. The summed E-state index contributed by atoms with van der Waals surface area (Å²) in [6.45, 7) is 6.29. The molecule has 2 heterocycles. The molecule has 1 aromatic heterocycles. The van der Waals surface area contributed by atoms with Gasteiger partial charge in [0.25, 0.3) is 5.91 Å². The normalized spacial score (nSPS) is 16.5. The molecule has 0 aliphatic carbocycles.